The van der Waals surface area contributed by atoms with Crippen LogP contribution in [0.3, 0.4) is 0 Å². The molecule has 0 unspecified atom stereocenters. The van der Waals surface area contributed by atoms with Crippen LogP contribution in [0.5, 0.6) is 0 Å². The quantitative estimate of drug-likeness (QED) is 0.208. The van der Waals surface area contributed by atoms with Crippen molar-refractivity contribution in [3.8, 4) is 0 Å². The largest absolute Gasteiger partial charge is 0.500 e. The lowest BCUT2D eigenvalue weighted by molar-refractivity contribution is 0.0691. The van der Waals surface area contributed by atoms with Crippen LogP contribution < -0.4 is 0 Å². The molecule has 0 aromatic heterocycles. The highest BCUT2D eigenvalue weighted by Crippen LogP contribution is 2.21. The summed E-state index contributed by atoms with van der Waals surface area (Å²) >= 11 is 0. The Balaban J connectivity index is 0.000000391. The Bertz CT molecular complexity index is 557. The molecular formula is C28H64N4O5Si2. The van der Waals surface area contributed by atoms with E-state index in [1.165, 1.54) is 65.3 Å². The van der Waals surface area contributed by atoms with Gasteiger partial charge in [0.25, 0.3) is 0 Å². The second kappa shape index (κ2) is 21.7. The maximum absolute atomic E-state index is 6.02. The molecule has 0 aromatic rings. The molecule has 0 atom stereocenters. The fourth-order valence-electron chi connectivity index (χ4n) is 5.33. The third-order valence-electron chi connectivity index (χ3n) is 7.63. The predicted octanol–water partition coefficient (Wildman–Crippen LogP) is 3.83. The van der Waals surface area contributed by atoms with Gasteiger partial charge in [0, 0.05) is 91.4 Å². The van der Waals surface area contributed by atoms with Crippen LogP contribution >= 0.6 is 0 Å². The summed E-state index contributed by atoms with van der Waals surface area (Å²) in [5.74, 6) is 0. The minimum Gasteiger partial charge on any atom is -0.394 e. The highest BCUT2D eigenvalue weighted by Gasteiger charge is 2.39. The summed E-state index contributed by atoms with van der Waals surface area (Å²) in [4.78, 5) is 9.90. The van der Waals surface area contributed by atoms with E-state index in [1.54, 1.807) is 0 Å². The monoisotopic (exact) mass is 592 g/mol. The summed E-state index contributed by atoms with van der Waals surface area (Å²) in [6, 6.07) is 3.13. The number of hydrogen-bond donors (Lipinski definition) is 0. The molecule has 11 heteroatoms. The van der Waals surface area contributed by atoms with E-state index in [1.807, 2.05) is 20.8 Å². The minimum absolute atomic E-state index is 0.667. The second-order valence-corrected chi connectivity index (χ2v) is 16.9. The van der Waals surface area contributed by atoms with E-state index in [9.17, 15) is 0 Å². The van der Waals surface area contributed by atoms with Crippen LogP contribution in [0, 0.1) is 0 Å². The van der Waals surface area contributed by atoms with Crippen LogP contribution in [-0.2, 0) is 22.1 Å². The smallest absolute Gasteiger partial charge is 0.394 e. The first-order valence-electron chi connectivity index (χ1n) is 15.8. The van der Waals surface area contributed by atoms with E-state index in [0.29, 0.717) is 19.8 Å². The molecule has 0 bridgehead atoms. The van der Waals surface area contributed by atoms with Crippen molar-refractivity contribution < 1.29 is 22.1 Å². The number of rotatable bonds is 19. The molecule has 2 fully saturated rings. The zero-order chi connectivity index (χ0) is 29.0. The maximum atomic E-state index is 6.02. The first-order chi connectivity index (χ1) is 18.8. The molecule has 0 spiro atoms. The van der Waals surface area contributed by atoms with Gasteiger partial charge in [-0.05, 0) is 86.7 Å². The first kappa shape index (κ1) is 37.1. The van der Waals surface area contributed by atoms with E-state index < -0.39 is 17.4 Å². The normalized spacial score (nSPS) is 18.8. The highest BCUT2D eigenvalue weighted by atomic mass is 28.4. The molecule has 2 aliphatic heterocycles. The SMILES string of the molecule is CCO[Si](CC)(CCCN1CCN(C)CC1)OCC.CCO[Si](CCCN1CCN(C)CC1)(OCC)OCC. The third-order valence-corrected chi connectivity index (χ3v) is 14.6. The van der Waals surface area contributed by atoms with Crippen molar-refractivity contribution >= 4 is 17.4 Å². The molecule has 39 heavy (non-hydrogen) atoms. The Kier molecular flexibility index (Phi) is 20.7. The maximum Gasteiger partial charge on any atom is 0.500 e. The molecule has 0 amide bonds. The van der Waals surface area contributed by atoms with E-state index >= 15 is 0 Å². The van der Waals surface area contributed by atoms with Crippen LogP contribution in [0.2, 0.25) is 18.1 Å². The van der Waals surface area contributed by atoms with E-state index in [-0.39, 0.29) is 0 Å². The van der Waals surface area contributed by atoms with Crippen molar-refractivity contribution in [1.29, 1.82) is 0 Å². The fraction of sp³-hybridized carbons (Fsp3) is 1.00. The predicted molar refractivity (Wildman–Crippen MR) is 167 cm³/mol. The van der Waals surface area contributed by atoms with Gasteiger partial charge in [0.15, 0.2) is 0 Å². The lowest BCUT2D eigenvalue weighted by Gasteiger charge is -2.34. The Morgan fingerprint density at radius 3 is 1.18 bits per heavy atom. The van der Waals surface area contributed by atoms with Crippen molar-refractivity contribution in [2.75, 3.05) is 113 Å². The standard InChI is InChI=1S/C14H32N2O3Si.C14H32N2O2Si/c1-5-17-20(18-6-2,19-7-3)14-8-9-16-12-10-15(4)11-13-16;1-5-17-19(7-3,18-6-2)14-8-9-16-12-10-15(4)11-13-16/h5-14H2,1-4H3;5-14H2,1-4H3. The van der Waals surface area contributed by atoms with Crippen molar-refractivity contribution in [3.63, 3.8) is 0 Å². The van der Waals surface area contributed by atoms with Crippen LogP contribution in [0.15, 0.2) is 0 Å². The van der Waals surface area contributed by atoms with E-state index in [2.05, 4.69) is 54.5 Å². The Morgan fingerprint density at radius 2 is 0.846 bits per heavy atom. The average molecular weight is 593 g/mol. The second-order valence-electron chi connectivity index (χ2n) is 10.6. The topological polar surface area (TPSA) is 59.1 Å². The lowest BCUT2D eigenvalue weighted by atomic mass is 10.3. The Hall–Kier alpha value is 0.0738. The molecule has 2 aliphatic rings. The van der Waals surface area contributed by atoms with E-state index in [0.717, 1.165) is 44.3 Å². The van der Waals surface area contributed by atoms with Crippen LogP contribution in [0.4, 0.5) is 0 Å². The molecule has 2 heterocycles. The zero-order valence-corrected chi connectivity index (χ0v) is 29.0. The average Bonchev–Trinajstić information content (AvgIpc) is 2.92. The van der Waals surface area contributed by atoms with Gasteiger partial charge in [-0.1, -0.05) is 6.92 Å². The zero-order valence-electron chi connectivity index (χ0n) is 27.0. The van der Waals surface area contributed by atoms with Crippen molar-refractivity contribution in [3.05, 3.63) is 0 Å². The number of likely N-dealkylation sites (N-methyl/N-ethyl adjacent to an activating group) is 2. The van der Waals surface area contributed by atoms with Crippen molar-refractivity contribution in [2.45, 2.75) is 72.5 Å². The molecule has 0 N–H and O–H groups in total. The summed E-state index contributed by atoms with van der Waals surface area (Å²) in [5.41, 5.74) is 0. The van der Waals surface area contributed by atoms with Gasteiger partial charge in [-0.3, -0.25) is 0 Å². The number of piperazine rings is 2. The number of hydrogen-bond acceptors (Lipinski definition) is 9. The molecule has 2 rings (SSSR count). The van der Waals surface area contributed by atoms with Gasteiger partial charge in [0.2, 0.25) is 0 Å². The van der Waals surface area contributed by atoms with Crippen LogP contribution in [-0.4, -0.2) is 150 Å². The molecule has 234 valence electrons. The van der Waals surface area contributed by atoms with Gasteiger partial charge >= 0.3 is 17.4 Å². The summed E-state index contributed by atoms with van der Waals surface area (Å²) in [5, 5.41) is 0. The minimum atomic E-state index is -2.43. The lowest BCUT2D eigenvalue weighted by Crippen LogP contribution is -2.48. The van der Waals surface area contributed by atoms with Gasteiger partial charge < -0.3 is 41.7 Å². The third kappa shape index (κ3) is 15.2. The van der Waals surface area contributed by atoms with E-state index in [4.69, 9.17) is 22.1 Å². The molecule has 0 saturated carbocycles. The molecule has 0 aliphatic carbocycles. The van der Waals surface area contributed by atoms with Crippen LogP contribution in [0.25, 0.3) is 0 Å². The molecule has 9 nitrogen and oxygen atoms in total. The molecular weight excluding hydrogens is 529 g/mol. The summed E-state index contributed by atoms with van der Waals surface area (Å²) < 4.78 is 29.7. The summed E-state index contributed by atoms with van der Waals surface area (Å²) in [6.45, 7) is 27.8. The van der Waals surface area contributed by atoms with Gasteiger partial charge in [0.05, 0.1) is 0 Å². The summed E-state index contributed by atoms with van der Waals surface area (Å²) in [6.07, 6.45) is 2.31. The highest BCUT2D eigenvalue weighted by molar-refractivity contribution is 6.67. The fourth-order valence-corrected chi connectivity index (χ4v) is 10.8. The number of nitrogens with zero attached hydrogens (tertiary/aromatic N) is 4. The van der Waals surface area contributed by atoms with Crippen molar-refractivity contribution in [1.82, 2.24) is 19.6 Å². The van der Waals surface area contributed by atoms with Gasteiger partial charge in [-0.25, -0.2) is 0 Å². The molecule has 0 radical (unpaired) electrons. The van der Waals surface area contributed by atoms with Crippen molar-refractivity contribution in [2.24, 2.45) is 0 Å². The van der Waals surface area contributed by atoms with Gasteiger partial charge in [0.1, 0.15) is 0 Å². The summed E-state index contributed by atoms with van der Waals surface area (Å²) in [7, 11) is 0.0587. The Morgan fingerprint density at radius 1 is 0.487 bits per heavy atom. The molecule has 0 aromatic carbocycles. The Labute approximate surface area is 244 Å². The molecule has 2 saturated heterocycles. The van der Waals surface area contributed by atoms with Crippen LogP contribution in [0.1, 0.15) is 54.4 Å². The van der Waals surface area contributed by atoms with Gasteiger partial charge in [-0.15, -0.1) is 0 Å². The first-order valence-corrected chi connectivity index (χ1v) is 20.0. The van der Waals surface area contributed by atoms with Gasteiger partial charge in [-0.2, -0.15) is 0 Å².